The van der Waals surface area contributed by atoms with Gasteiger partial charge in [0, 0.05) is 13.1 Å². The summed E-state index contributed by atoms with van der Waals surface area (Å²) in [6.07, 6.45) is 1.88. The van der Waals surface area contributed by atoms with Crippen molar-refractivity contribution in [3.8, 4) is 5.75 Å². The van der Waals surface area contributed by atoms with E-state index in [1.54, 1.807) is 6.92 Å². The molecule has 1 aliphatic rings. The van der Waals surface area contributed by atoms with Crippen molar-refractivity contribution in [1.82, 2.24) is 10.2 Å². The van der Waals surface area contributed by atoms with Gasteiger partial charge in [-0.2, -0.15) is 0 Å². The second-order valence-corrected chi connectivity index (χ2v) is 6.68. The van der Waals surface area contributed by atoms with Gasteiger partial charge in [-0.1, -0.05) is 24.3 Å². The molecule has 2 aromatic rings. The molecule has 3 rings (SSSR count). The van der Waals surface area contributed by atoms with Gasteiger partial charge in [0.05, 0.1) is 0 Å². The molecule has 0 saturated carbocycles. The van der Waals surface area contributed by atoms with Crippen molar-refractivity contribution in [1.29, 1.82) is 0 Å². The fraction of sp³-hybridized carbons (Fsp3) is 0.381. The molecule has 138 valence electrons. The van der Waals surface area contributed by atoms with Crippen LogP contribution in [0.1, 0.15) is 30.9 Å². The molecule has 0 spiro atoms. The first kappa shape index (κ1) is 18.4. The molecule has 4 nitrogen and oxygen atoms in total. The predicted octanol–water partition coefficient (Wildman–Crippen LogP) is 3.51. The van der Waals surface area contributed by atoms with Gasteiger partial charge in [-0.25, -0.2) is 4.39 Å². The minimum Gasteiger partial charge on any atom is -0.481 e. The van der Waals surface area contributed by atoms with Gasteiger partial charge in [0.2, 0.25) is 0 Å². The number of carbonyl (C=O) groups excluding carboxylic acids is 1. The van der Waals surface area contributed by atoms with Crippen LogP contribution in [-0.2, 0) is 17.9 Å². The molecule has 1 N–H and O–H groups in total. The number of nitrogens with one attached hydrogen (secondary N) is 1. The number of hydrogen-bond donors (Lipinski definition) is 1. The standard InChI is InChI=1S/C21H25FN2O2/c1-16(26-20-10-8-19(22)9-11-20)21(25)23-14-17-6-2-3-7-18(17)15-24-12-4-5-13-24/h2-3,6-11,16H,4-5,12-15H2,1H3,(H,23,25)/t16-/m1/s1. The second-order valence-electron chi connectivity index (χ2n) is 6.68. The third-order valence-electron chi connectivity index (χ3n) is 4.66. The van der Waals surface area contributed by atoms with Crippen LogP contribution in [0.15, 0.2) is 48.5 Å². The molecule has 1 atom stereocenters. The Morgan fingerprint density at radius 2 is 1.77 bits per heavy atom. The van der Waals surface area contributed by atoms with Crippen LogP contribution in [0.5, 0.6) is 5.75 Å². The van der Waals surface area contributed by atoms with Crippen LogP contribution < -0.4 is 10.1 Å². The van der Waals surface area contributed by atoms with E-state index in [0.717, 1.165) is 25.2 Å². The lowest BCUT2D eigenvalue weighted by Gasteiger charge is -2.19. The Morgan fingerprint density at radius 1 is 1.12 bits per heavy atom. The predicted molar refractivity (Wildman–Crippen MR) is 99.3 cm³/mol. The average Bonchev–Trinajstić information content (AvgIpc) is 3.15. The molecule has 1 fully saturated rings. The van der Waals surface area contributed by atoms with Gasteiger partial charge in [0.25, 0.3) is 5.91 Å². The maximum absolute atomic E-state index is 12.9. The number of hydrogen-bond acceptors (Lipinski definition) is 3. The topological polar surface area (TPSA) is 41.6 Å². The van der Waals surface area contributed by atoms with Crippen LogP contribution in [0.25, 0.3) is 0 Å². The first-order valence-corrected chi connectivity index (χ1v) is 9.11. The molecule has 0 unspecified atom stereocenters. The van der Waals surface area contributed by atoms with E-state index in [9.17, 15) is 9.18 Å². The fourth-order valence-electron chi connectivity index (χ4n) is 3.16. The number of likely N-dealkylation sites (tertiary alicyclic amines) is 1. The first-order chi connectivity index (χ1) is 12.6. The summed E-state index contributed by atoms with van der Waals surface area (Å²) in [5.74, 6) is -0.0437. The molecular weight excluding hydrogens is 331 g/mol. The Hall–Kier alpha value is -2.40. The van der Waals surface area contributed by atoms with E-state index in [-0.39, 0.29) is 11.7 Å². The van der Waals surface area contributed by atoms with E-state index in [2.05, 4.69) is 22.3 Å². The minimum absolute atomic E-state index is 0.190. The van der Waals surface area contributed by atoms with Gasteiger partial charge in [-0.3, -0.25) is 9.69 Å². The van der Waals surface area contributed by atoms with Crippen LogP contribution in [0.4, 0.5) is 4.39 Å². The highest BCUT2D eigenvalue weighted by atomic mass is 19.1. The fourth-order valence-corrected chi connectivity index (χ4v) is 3.16. The zero-order valence-electron chi connectivity index (χ0n) is 15.1. The highest BCUT2D eigenvalue weighted by Gasteiger charge is 2.16. The van der Waals surface area contributed by atoms with Crippen molar-refractivity contribution >= 4 is 5.91 Å². The third-order valence-corrected chi connectivity index (χ3v) is 4.66. The van der Waals surface area contributed by atoms with E-state index < -0.39 is 6.10 Å². The molecule has 1 aliphatic heterocycles. The third kappa shape index (κ3) is 5.05. The lowest BCUT2D eigenvalue weighted by atomic mass is 10.1. The molecule has 1 heterocycles. The van der Waals surface area contributed by atoms with Crippen molar-refractivity contribution in [3.63, 3.8) is 0 Å². The molecule has 0 aromatic heterocycles. The Balaban J connectivity index is 1.54. The van der Waals surface area contributed by atoms with E-state index in [1.165, 1.54) is 42.7 Å². The SMILES string of the molecule is C[C@@H](Oc1ccc(F)cc1)C(=O)NCc1ccccc1CN1CCCC1. The van der Waals surface area contributed by atoms with Crippen molar-refractivity contribution in [2.75, 3.05) is 13.1 Å². The number of benzene rings is 2. The van der Waals surface area contributed by atoms with E-state index in [0.29, 0.717) is 12.3 Å². The molecule has 0 aliphatic carbocycles. The number of rotatable bonds is 7. The second kappa shape index (κ2) is 8.81. The van der Waals surface area contributed by atoms with Gasteiger partial charge >= 0.3 is 0 Å². The molecule has 1 amide bonds. The molecule has 0 radical (unpaired) electrons. The quantitative estimate of drug-likeness (QED) is 0.825. The lowest BCUT2D eigenvalue weighted by Crippen LogP contribution is -2.36. The number of halogens is 1. The van der Waals surface area contributed by atoms with Gasteiger partial charge in [0.15, 0.2) is 6.10 Å². The van der Waals surface area contributed by atoms with Crippen LogP contribution in [-0.4, -0.2) is 30.0 Å². The first-order valence-electron chi connectivity index (χ1n) is 9.11. The summed E-state index contributed by atoms with van der Waals surface area (Å²) < 4.78 is 18.5. The summed E-state index contributed by atoms with van der Waals surface area (Å²) >= 11 is 0. The van der Waals surface area contributed by atoms with E-state index in [4.69, 9.17) is 4.74 Å². The minimum atomic E-state index is -0.647. The van der Waals surface area contributed by atoms with E-state index >= 15 is 0 Å². The molecule has 2 aromatic carbocycles. The summed E-state index contributed by atoms with van der Waals surface area (Å²) in [5, 5.41) is 2.94. The van der Waals surface area contributed by atoms with Gasteiger partial charge in [0.1, 0.15) is 11.6 Å². The smallest absolute Gasteiger partial charge is 0.261 e. The maximum atomic E-state index is 12.9. The Kier molecular flexibility index (Phi) is 6.23. The summed E-state index contributed by atoms with van der Waals surface area (Å²) in [4.78, 5) is 14.8. The van der Waals surface area contributed by atoms with Crippen molar-refractivity contribution in [2.45, 2.75) is 39.0 Å². The number of carbonyl (C=O) groups is 1. The Morgan fingerprint density at radius 3 is 2.46 bits per heavy atom. The highest BCUT2D eigenvalue weighted by Crippen LogP contribution is 2.16. The molecular formula is C21H25FN2O2. The Labute approximate surface area is 154 Å². The molecule has 1 saturated heterocycles. The Bertz CT molecular complexity index is 727. The van der Waals surface area contributed by atoms with Crippen LogP contribution in [0.2, 0.25) is 0 Å². The highest BCUT2D eigenvalue weighted by molar-refractivity contribution is 5.80. The van der Waals surface area contributed by atoms with Crippen LogP contribution in [0, 0.1) is 5.82 Å². The number of amides is 1. The summed E-state index contributed by atoms with van der Waals surface area (Å²) in [6, 6.07) is 13.9. The van der Waals surface area contributed by atoms with Crippen molar-refractivity contribution in [2.24, 2.45) is 0 Å². The van der Waals surface area contributed by atoms with Crippen LogP contribution >= 0.6 is 0 Å². The van der Waals surface area contributed by atoms with Crippen molar-refractivity contribution < 1.29 is 13.9 Å². The molecule has 0 bridgehead atoms. The summed E-state index contributed by atoms with van der Waals surface area (Å²) in [6.45, 7) is 5.37. The largest absolute Gasteiger partial charge is 0.481 e. The zero-order valence-corrected chi connectivity index (χ0v) is 15.1. The van der Waals surface area contributed by atoms with Gasteiger partial charge < -0.3 is 10.1 Å². The number of nitrogens with zero attached hydrogens (tertiary/aromatic N) is 1. The summed E-state index contributed by atoms with van der Waals surface area (Å²) in [7, 11) is 0. The monoisotopic (exact) mass is 356 g/mol. The number of ether oxygens (including phenoxy) is 1. The summed E-state index contributed by atoms with van der Waals surface area (Å²) in [5.41, 5.74) is 2.38. The van der Waals surface area contributed by atoms with Crippen molar-refractivity contribution in [3.05, 3.63) is 65.5 Å². The van der Waals surface area contributed by atoms with Gasteiger partial charge in [-0.15, -0.1) is 0 Å². The molecule has 5 heteroatoms. The van der Waals surface area contributed by atoms with E-state index in [1.807, 2.05) is 12.1 Å². The zero-order chi connectivity index (χ0) is 18.4. The lowest BCUT2D eigenvalue weighted by molar-refractivity contribution is -0.127. The average molecular weight is 356 g/mol. The van der Waals surface area contributed by atoms with Crippen LogP contribution in [0.3, 0.4) is 0 Å². The normalized spacial score (nSPS) is 15.6. The van der Waals surface area contributed by atoms with Gasteiger partial charge in [-0.05, 0) is 68.2 Å². The maximum Gasteiger partial charge on any atom is 0.261 e. The molecule has 26 heavy (non-hydrogen) atoms.